The number of anilines is 4. The fraction of sp³-hybridized carbons (Fsp3) is 0.0588. The molecule has 0 saturated heterocycles. The van der Waals surface area contributed by atoms with Gasteiger partial charge in [0, 0.05) is 33.9 Å². The Kier molecular flexibility index (Phi) is 10.1. The highest BCUT2D eigenvalue weighted by atomic mass is 15.1. The van der Waals surface area contributed by atoms with E-state index in [-0.39, 0.29) is 0 Å². The van der Waals surface area contributed by atoms with Gasteiger partial charge in [-0.3, -0.25) is 0 Å². The monoisotopic (exact) mass is 894 g/mol. The summed E-state index contributed by atoms with van der Waals surface area (Å²) in [6.07, 6.45) is 10.9. The van der Waals surface area contributed by atoms with Crippen molar-refractivity contribution in [3.8, 4) is 66.8 Å². The van der Waals surface area contributed by atoms with Crippen LogP contribution >= 0.6 is 0 Å². The zero-order valence-electron chi connectivity index (χ0n) is 38.8. The average molecular weight is 895 g/mol. The molecule has 1 unspecified atom stereocenters. The van der Waals surface area contributed by atoms with E-state index in [1.165, 1.54) is 77.9 Å². The first-order valence-corrected chi connectivity index (χ1v) is 24.5. The maximum absolute atomic E-state index is 7.82. The molecule has 70 heavy (non-hydrogen) atoms. The molecule has 1 atom stereocenters. The van der Waals surface area contributed by atoms with Crippen molar-refractivity contribution in [3.05, 3.63) is 289 Å². The van der Waals surface area contributed by atoms with Crippen LogP contribution in [0, 0.1) is 5.92 Å². The molecule has 3 aliphatic carbocycles. The van der Waals surface area contributed by atoms with E-state index in [0.717, 1.165) is 52.3 Å². The number of rotatable bonds is 9. The van der Waals surface area contributed by atoms with Crippen LogP contribution in [0.25, 0.3) is 66.8 Å². The smallest absolute Gasteiger partial charge is 0.0745 e. The van der Waals surface area contributed by atoms with Crippen LogP contribution < -0.4 is 10.6 Å². The standard InChI is InChI=1S/C68H50N2/c69-67-61(43-42-60-59-24-12-15-27-65(59)68(66(60)67)63-25-13-10-22-57(63)58-23-11-14-26-64(58)68)62-45-52(28-29-53(62)44-46-16-4-1-5-17-46)51-34-40-56(41-35-51)70(54-36-30-49(31-37-54)47-18-6-2-7-19-47)55-38-32-50(33-39-55)48-20-8-3-9-21-48/h1-16,18-43,45-46H,17,44,69H2. The first kappa shape index (κ1) is 41.5. The van der Waals surface area contributed by atoms with Crippen LogP contribution in [0.15, 0.2) is 261 Å². The van der Waals surface area contributed by atoms with Gasteiger partial charge in [-0.2, -0.15) is 0 Å². The minimum absolute atomic E-state index is 0.406. The largest absolute Gasteiger partial charge is 0.398 e. The molecule has 0 saturated carbocycles. The number of nitrogen functional groups attached to an aromatic ring is 1. The number of benzene rings is 10. The molecule has 0 heterocycles. The summed E-state index contributed by atoms with van der Waals surface area (Å²) in [5.74, 6) is 0.406. The number of allylic oxidation sites excluding steroid dienone is 4. The van der Waals surface area contributed by atoms with Crippen molar-refractivity contribution < 1.29 is 0 Å². The highest BCUT2D eigenvalue weighted by Gasteiger charge is 2.52. The highest BCUT2D eigenvalue weighted by Crippen LogP contribution is 2.65. The van der Waals surface area contributed by atoms with Crippen LogP contribution in [-0.4, -0.2) is 0 Å². The van der Waals surface area contributed by atoms with Gasteiger partial charge in [-0.05, 0) is 145 Å². The van der Waals surface area contributed by atoms with Gasteiger partial charge in [0.1, 0.15) is 0 Å². The predicted octanol–water partition coefficient (Wildman–Crippen LogP) is 17.4. The lowest BCUT2D eigenvalue weighted by molar-refractivity contribution is 0.654. The van der Waals surface area contributed by atoms with E-state index in [9.17, 15) is 0 Å². The third-order valence-electron chi connectivity index (χ3n) is 15.1. The van der Waals surface area contributed by atoms with Crippen molar-refractivity contribution in [2.75, 3.05) is 10.6 Å². The van der Waals surface area contributed by atoms with E-state index in [0.29, 0.717) is 5.92 Å². The van der Waals surface area contributed by atoms with E-state index in [4.69, 9.17) is 5.73 Å². The lowest BCUT2D eigenvalue weighted by Crippen LogP contribution is -2.27. The number of nitrogens with two attached hydrogens (primary N) is 1. The molecule has 0 fully saturated rings. The topological polar surface area (TPSA) is 29.3 Å². The fourth-order valence-corrected chi connectivity index (χ4v) is 11.8. The van der Waals surface area contributed by atoms with Gasteiger partial charge >= 0.3 is 0 Å². The number of hydrogen-bond acceptors (Lipinski definition) is 2. The van der Waals surface area contributed by atoms with Crippen LogP contribution in [0.2, 0.25) is 0 Å². The van der Waals surface area contributed by atoms with Crippen LogP contribution in [0.1, 0.15) is 34.2 Å². The summed E-state index contributed by atoms with van der Waals surface area (Å²) in [7, 11) is 0. The summed E-state index contributed by atoms with van der Waals surface area (Å²) in [5, 5.41) is 0. The Morgan fingerprint density at radius 2 is 0.814 bits per heavy atom. The maximum Gasteiger partial charge on any atom is 0.0745 e. The van der Waals surface area contributed by atoms with E-state index in [2.05, 4.69) is 266 Å². The Labute approximate surface area is 411 Å². The van der Waals surface area contributed by atoms with Gasteiger partial charge in [0.05, 0.1) is 5.41 Å². The molecular formula is C68H50N2. The minimum Gasteiger partial charge on any atom is -0.398 e. The van der Waals surface area contributed by atoms with Crippen LogP contribution in [0.3, 0.4) is 0 Å². The molecule has 1 spiro atoms. The molecule has 0 aliphatic heterocycles. The molecule has 2 N–H and O–H groups in total. The first-order valence-electron chi connectivity index (χ1n) is 24.5. The summed E-state index contributed by atoms with van der Waals surface area (Å²) in [6.45, 7) is 0. The van der Waals surface area contributed by atoms with Crippen LogP contribution in [-0.2, 0) is 11.8 Å². The predicted molar refractivity (Wildman–Crippen MR) is 294 cm³/mol. The summed E-state index contributed by atoms with van der Waals surface area (Å²) < 4.78 is 0. The van der Waals surface area contributed by atoms with Gasteiger partial charge in [0.25, 0.3) is 0 Å². The van der Waals surface area contributed by atoms with Crippen molar-refractivity contribution in [1.82, 2.24) is 0 Å². The number of fused-ring (bicyclic) bond motifs is 10. The van der Waals surface area contributed by atoms with Gasteiger partial charge in [0.2, 0.25) is 0 Å². The molecular weight excluding hydrogens is 845 g/mol. The molecule has 2 nitrogen and oxygen atoms in total. The van der Waals surface area contributed by atoms with Crippen molar-refractivity contribution in [2.24, 2.45) is 5.92 Å². The highest BCUT2D eigenvalue weighted by molar-refractivity contribution is 6.01. The zero-order valence-corrected chi connectivity index (χ0v) is 38.8. The molecule has 2 heteroatoms. The Morgan fingerprint density at radius 1 is 0.386 bits per heavy atom. The van der Waals surface area contributed by atoms with Crippen LogP contribution in [0.5, 0.6) is 0 Å². The quantitative estimate of drug-likeness (QED) is 0.146. The summed E-state index contributed by atoms with van der Waals surface area (Å²) in [4.78, 5) is 2.35. The van der Waals surface area contributed by atoms with Gasteiger partial charge < -0.3 is 10.6 Å². The second kappa shape index (κ2) is 17.1. The van der Waals surface area contributed by atoms with Gasteiger partial charge in [-0.25, -0.2) is 0 Å². The van der Waals surface area contributed by atoms with Crippen molar-refractivity contribution in [2.45, 2.75) is 18.3 Å². The molecule has 13 rings (SSSR count). The normalized spacial score (nSPS) is 14.5. The molecule has 0 amide bonds. The van der Waals surface area contributed by atoms with E-state index < -0.39 is 5.41 Å². The summed E-state index contributed by atoms with van der Waals surface area (Å²) in [6, 6.07) is 86.7. The second-order valence-electron chi connectivity index (χ2n) is 18.9. The zero-order chi connectivity index (χ0) is 46.6. The number of hydrogen-bond donors (Lipinski definition) is 1. The summed E-state index contributed by atoms with van der Waals surface area (Å²) in [5.41, 5.74) is 32.2. The molecule has 3 aliphatic rings. The van der Waals surface area contributed by atoms with Crippen LogP contribution in [0.4, 0.5) is 22.7 Å². The van der Waals surface area contributed by atoms with Gasteiger partial charge in [-0.1, -0.05) is 218 Å². The van der Waals surface area contributed by atoms with E-state index in [1.54, 1.807) is 0 Å². The Hall–Kier alpha value is -8.72. The molecule has 0 aromatic heterocycles. The Balaban J connectivity index is 0.927. The maximum atomic E-state index is 7.82. The Bertz CT molecular complexity index is 3490. The lowest BCUT2D eigenvalue weighted by Gasteiger charge is -2.32. The molecule has 332 valence electrons. The van der Waals surface area contributed by atoms with Crippen molar-refractivity contribution in [1.29, 1.82) is 0 Å². The average Bonchev–Trinajstić information content (AvgIpc) is 3.90. The fourth-order valence-electron chi connectivity index (χ4n) is 11.8. The molecule has 0 bridgehead atoms. The SMILES string of the molecule is Nc1c(-c2cc(-c3ccc(N(c4ccc(-c5ccccc5)cc4)c4ccc(-c5ccccc5)cc4)cc3)ccc2CC2C=CC=CC2)ccc2c1C1(c3ccccc3-c3ccccc31)c1ccccc1-2. The first-order chi connectivity index (χ1) is 34.6. The molecule has 10 aromatic rings. The molecule has 0 radical (unpaired) electrons. The molecule has 10 aromatic carbocycles. The van der Waals surface area contributed by atoms with Crippen molar-refractivity contribution in [3.63, 3.8) is 0 Å². The van der Waals surface area contributed by atoms with Crippen molar-refractivity contribution >= 4 is 22.7 Å². The summed E-state index contributed by atoms with van der Waals surface area (Å²) >= 11 is 0. The van der Waals surface area contributed by atoms with E-state index >= 15 is 0 Å². The third-order valence-corrected chi connectivity index (χ3v) is 15.1. The number of nitrogens with zero attached hydrogens (tertiary/aromatic N) is 1. The van der Waals surface area contributed by atoms with E-state index in [1.807, 2.05) is 0 Å². The third kappa shape index (κ3) is 6.78. The minimum atomic E-state index is -0.528. The Morgan fingerprint density at radius 3 is 1.31 bits per heavy atom. The lowest BCUT2D eigenvalue weighted by atomic mass is 9.69. The van der Waals surface area contributed by atoms with Gasteiger partial charge in [0.15, 0.2) is 0 Å². The van der Waals surface area contributed by atoms with Gasteiger partial charge in [-0.15, -0.1) is 0 Å². The second-order valence-corrected chi connectivity index (χ2v) is 18.9.